The molecule has 19 heavy (non-hydrogen) atoms. The zero-order valence-electron chi connectivity index (χ0n) is 9.96. The molecule has 2 aromatic rings. The predicted octanol–water partition coefficient (Wildman–Crippen LogP) is 4.95. The Morgan fingerprint density at radius 2 is 1.53 bits per heavy atom. The topological polar surface area (TPSA) is 9.23 Å². The molecule has 100 valence electrons. The zero-order chi connectivity index (χ0) is 14.0. The summed E-state index contributed by atoms with van der Waals surface area (Å²) >= 11 is 0. The second-order valence-electron chi connectivity index (χ2n) is 4.09. The zero-order valence-corrected chi connectivity index (χ0v) is 9.96. The van der Waals surface area contributed by atoms with Crippen LogP contribution >= 0.6 is 0 Å². The van der Waals surface area contributed by atoms with Gasteiger partial charge in [0.05, 0.1) is 5.56 Å². The van der Waals surface area contributed by atoms with E-state index in [-0.39, 0.29) is 11.5 Å². The molecule has 0 N–H and O–H groups in total. The summed E-state index contributed by atoms with van der Waals surface area (Å²) in [7, 11) is 0. The van der Waals surface area contributed by atoms with Crippen molar-refractivity contribution in [1.82, 2.24) is 0 Å². The highest BCUT2D eigenvalue weighted by Gasteiger charge is 2.30. The average molecular weight is 270 g/mol. The first-order valence-electron chi connectivity index (χ1n) is 5.47. The van der Waals surface area contributed by atoms with Crippen LogP contribution in [0, 0.1) is 12.7 Å². The Morgan fingerprint density at radius 1 is 0.895 bits per heavy atom. The first-order chi connectivity index (χ1) is 8.84. The van der Waals surface area contributed by atoms with Gasteiger partial charge in [0.15, 0.2) is 0 Å². The van der Waals surface area contributed by atoms with Crippen molar-refractivity contribution < 1.29 is 22.3 Å². The third-order valence-corrected chi connectivity index (χ3v) is 2.43. The summed E-state index contributed by atoms with van der Waals surface area (Å²) in [5, 5.41) is 0. The van der Waals surface area contributed by atoms with Crippen molar-refractivity contribution in [1.29, 1.82) is 0 Å². The normalized spacial score (nSPS) is 11.4. The highest BCUT2D eigenvalue weighted by Crippen LogP contribution is 2.31. The number of halogens is 4. The van der Waals surface area contributed by atoms with Crippen LogP contribution in [0.3, 0.4) is 0 Å². The number of benzene rings is 2. The van der Waals surface area contributed by atoms with Crippen LogP contribution in [0.1, 0.15) is 11.1 Å². The van der Waals surface area contributed by atoms with Gasteiger partial charge in [0.2, 0.25) is 0 Å². The number of ether oxygens (including phenoxy) is 1. The van der Waals surface area contributed by atoms with Gasteiger partial charge in [-0.25, -0.2) is 4.39 Å². The standard InChI is InChI=1S/C14H10F4O/c1-9-6-11(15)8-13(7-9)19-12-4-2-10(3-5-12)14(16,17)18/h2-8H,1H3. The first kappa shape index (κ1) is 13.4. The Bertz CT molecular complexity index is 553. The Kier molecular flexibility index (Phi) is 3.46. The van der Waals surface area contributed by atoms with Crippen LogP contribution in [0.5, 0.6) is 11.5 Å². The fourth-order valence-electron chi connectivity index (χ4n) is 1.61. The van der Waals surface area contributed by atoms with E-state index in [2.05, 4.69) is 0 Å². The van der Waals surface area contributed by atoms with Crippen LogP contribution in [-0.4, -0.2) is 0 Å². The molecule has 0 aliphatic heterocycles. The van der Waals surface area contributed by atoms with Crippen molar-refractivity contribution in [3.8, 4) is 11.5 Å². The molecule has 0 fully saturated rings. The maximum Gasteiger partial charge on any atom is 0.416 e. The van der Waals surface area contributed by atoms with Gasteiger partial charge in [-0.1, -0.05) is 0 Å². The Hall–Kier alpha value is -2.04. The number of alkyl halides is 3. The lowest BCUT2D eigenvalue weighted by atomic mass is 10.2. The quantitative estimate of drug-likeness (QED) is 0.702. The minimum atomic E-state index is -4.38. The Labute approximate surface area is 107 Å². The van der Waals surface area contributed by atoms with Gasteiger partial charge in [0.1, 0.15) is 17.3 Å². The molecule has 0 amide bonds. The number of rotatable bonds is 2. The van der Waals surface area contributed by atoms with Crippen LogP contribution in [0.15, 0.2) is 42.5 Å². The van der Waals surface area contributed by atoms with Crippen LogP contribution in [0.4, 0.5) is 17.6 Å². The largest absolute Gasteiger partial charge is 0.457 e. The lowest BCUT2D eigenvalue weighted by molar-refractivity contribution is -0.137. The van der Waals surface area contributed by atoms with E-state index in [1.54, 1.807) is 13.0 Å². The SMILES string of the molecule is Cc1cc(F)cc(Oc2ccc(C(F)(F)F)cc2)c1. The fourth-order valence-corrected chi connectivity index (χ4v) is 1.61. The fraction of sp³-hybridized carbons (Fsp3) is 0.143. The minimum Gasteiger partial charge on any atom is -0.457 e. The predicted molar refractivity (Wildman–Crippen MR) is 62.7 cm³/mol. The van der Waals surface area contributed by atoms with E-state index in [4.69, 9.17) is 4.74 Å². The summed E-state index contributed by atoms with van der Waals surface area (Å²) in [4.78, 5) is 0. The average Bonchev–Trinajstić information content (AvgIpc) is 2.26. The molecule has 0 atom stereocenters. The van der Waals surface area contributed by atoms with Gasteiger partial charge in [-0.2, -0.15) is 13.2 Å². The molecule has 0 radical (unpaired) electrons. The van der Waals surface area contributed by atoms with Crippen molar-refractivity contribution in [2.45, 2.75) is 13.1 Å². The number of hydrogen-bond donors (Lipinski definition) is 0. The summed E-state index contributed by atoms with van der Waals surface area (Å²) in [6, 6.07) is 8.33. The summed E-state index contributed by atoms with van der Waals surface area (Å²) in [6.45, 7) is 1.70. The molecule has 0 spiro atoms. The highest BCUT2D eigenvalue weighted by atomic mass is 19.4. The second-order valence-corrected chi connectivity index (χ2v) is 4.09. The van der Waals surface area contributed by atoms with E-state index in [9.17, 15) is 17.6 Å². The lowest BCUT2D eigenvalue weighted by Gasteiger charge is -2.09. The van der Waals surface area contributed by atoms with Crippen molar-refractivity contribution in [3.05, 3.63) is 59.4 Å². The summed E-state index contributed by atoms with van der Waals surface area (Å²) < 4.78 is 55.5. The number of hydrogen-bond acceptors (Lipinski definition) is 1. The van der Waals surface area contributed by atoms with Gasteiger partial charge in [-0.05, 0) is 48.9 Å². The highest BCUT2D eigenvalue weighted by molar-refractivity contribution is 5.35. The molecule has 0 unspecified atom stereocenters. The molecule has 0 saturated heterocycles. The molecule has 0 aromatic heterocycles. The van der Waals surface area contributed by atoms with Crippen molar-refractivity contribution >= 4 is 0 Å². The molecule has 0 aliphatic carbocycles. The molecular weight excluding hydrogens is 260 g/mol. The van der Waals surface area contributed by atoms with Gasteiger partial charge >= 0.3 is 6.18 Å². The molecule has 0 saturated carbocycles. The summed E-state index contributed by atoms with van der Waals surface area (Å²) in [5.74, 6) is 0.0113. The van der Waals surface area contributed by atoms with Gasteiger partial charge in [0, 0.05) is 6.07 Å². The maximum atomic E-state index is 13.1. The van der Waals surface area contributed by atoms with E-state index in [0.717, 1.165) is 12.1 Å². The van der Waals surface area contributed by atoms with Crippen LogP contribution in [-0.2, 0) is 6.18 Å². The molecule has 0 aliphatic rings. The summed E-state index contributed by atoms with van der Waals surface area (Å²) in [6.07, 6.45) is -4.38. The van der Waals surface area contributed by atoms with E-state index < -0.39 is 17.6 Å². The van der Waals surface area contributed by atoms with E-state index in [1.807, 2.05) is 0 Å². The van der Waals surface area contributed by atoms with Crippen molar-refractivity contribution in [2.24, 2.45) is 0 Å². The van der Waals surface area contributed by atoms with E-state index in [0.29, 0.717) is 5.56 Å². The second kappa shape index (κ2) is 4.91. The third-order valence-electron chi connectivity index (χ3n) is 2.43. The first-order valence-corrected chi connectivity index (χ1v) is 5.47. The number of aryl methyl sites for hydroxylation is 1. The molecular formula is C14H10F4O. The molecule has 0 heterocycles. The Balaban J connectivity index is 2.20. The van der Waals surface area contributed by atoms with Gasteiger partial charge < -0.3 is 4.74 Å². The molecule has 2 aromatic carbocycles. The third kappa shape index (κ3) is 3.47. The molecule has 0 bridgehead atoms. The minimum absolute atomic E-state index is 0.220. The maximum absolute atomic E-state index is 13.1. The van der Waals surface area contributed by atoms with Crippen molar-refractivity contribution in [3.63, 3.8) is 0 Å². The molecule has 5 heteroatoms. The lowest BCUT2D eigenvalue weighted by Crippen LogP contribution is -2.04. The monoisotopic (exact) mass is 270 g/mol. The Morgan fingerprint density at radius 3 is 2.05 bits per heavy atom. The van der Waals surface area contributed by atoms with Crippen LogP contribution in [0.25, 0.3) is 0 Å². The van der Waals surface area contributed by atoms with Gasteiger partial charge in [-0.3, -0.25) is 0 Å². The van der Waals surface area contributed by atoms with E-state index in [1.165, 1.54) is 24.3 Å². The van der Waals surface area contributed by atoms with Crippen LogP contribution in [0.2, 0.25) is 0 Å². The van der Waals surface area contributed by atoms with Crippen LogP contribution < -0.4 is 4.74 Å². The van der Waals surface area contributed by atoms with Gasteiger partial charge in [0.25, 0.3) is 0 Å². The van der Waals surface area contributed by atoms with E-state index >= 15 is 0 Å². The summed E-state index contributed by atoms with van der Waals surface area (Å²) in [5.41, 5.74) is -0.0859. The van der Waals surface area contributed by atoms with Crippen molar-refractivity contribution in [2.75, 3.05) is 0 Å². The van der Waals surface area contributed by atoms with Gasteiger partial charge in [-0.15, -0.1) is 0 Å². The molecule has 2 rings (SSSR count). The molecule has 1 nitrogen and oxygen atoms in total. The smallest absolute Gasteiger partial charge is 0.416 e.